The smallest absolute Gasteiger partial charge is 0.234 e. The van der Waals surface area contributed by atoms with Crippen molar-refractivity contribution in [2.24, 2.45) is 0 Å². The predicted octanol–water partition coefficient (Wildman–Crippen LogP) is 1.13. The van der Waals surface area contributed by atoms with Gasteiger partial charge in [-0.25, -0.2) is 4.98 Å². The maximum absolute atomic E-state index is 11.9. The van der Waals surface area contributed by atoms with Gasteiger partial charge in [0, 0.05) is 44.8 Å². The fourth-order valence-corrected chi connectivity index (χ4v) is 3.27. The zero-order valence-corrected chi connectivity index (χ0v) is 13.8. The number of aromatic nitrogens is 1. The largest absolute Gasteiger partial charge is 0.354 e. The topological polar surface area (TPSA) is 65.5 Å². The quantitative estimate of drug-likeness (QED) is 0.847. The van der Waals surface area contributed by atoms with Gasteiger partial charge in [-0.3, -0.25) is 19.8 Å². The Kier molecular flexibility index (Phi) is 4.61. The standard InChI is InChI=1S/C17H24N4O2/c1-12(2)20-7-9-21(10-8-20)15-5-3-13(11-18-15)14-4-6-16(22)19-17(14)23/h3,5,11-12,14H,4,6-10H2,1-2H3,(H,19,22,23). The second-order valence-electron chi connectivity index (χ2n) is 6.57. The number of anilines is 1. The molecule has 6 nitrogen and oxygen atoms in total. The van der Waals surface area contributed by atoms with E-state index < -0.39 is 0 Å². The molecule has 1 unspecified atom stereocenters. The van der Waals surface area contributed by atoms with E-state index in [4.69, 9.17) is 0 Å². The van der Waals surface area contributed by atoms with Gasteiger partial charge in [-0.05, 0) is 31.9 Å². The van der Waals surface area contributed by atoms with Crippen molar-refractivity contribution < 1.29 is 9.59 Å². The molecule has 0 saturated carbocycles. The van der Waals surface area contributed by atoms with Crippen LogP contribution in [0.5, 0.6) is 0 Å². The van der Waals surface area contributed by atoms with Crippen LogP contribution in [0.25, 0.3) is 0 Å². The highest BCUT2D eigenvalue weighted by molar-refractivity contribution is 6.00. The molecule has 2 amide bonds. The van der Waals surface area contributed by atoms with Crippen molar-refractivity contribution in [2.45, 2.75) is 38.6 Å². The van der Waals surface area contributed by atoms with Gasteiger partial charge < -0.3 is 4.90 Å². The van der Waals surface area contributed by atoms with Crippen molar-refractivity contribution >= 4 is 17.6 Å². The first-order chi connectivity index (χ1) is 11.0. The molecule has 3 heterocycles. The second-order valence-corrected chi connectivity index (χ2v) is 6.57. The zero-order valence-electron chi connectivity index (χ0n) is 13.8. The molecule has 2 fully saturated rings. The number of rotatable bonds is 3. The van der Waals surface area contributed by atoms with E-state index in [9.17, 15) is 9.59 Å². The van der Waals surface area contributed by atoms with Crippen LogP contribution in [-0.4, -0.2) is 53.9 Å². The van der Waals surface area contributed by atoms with E-state index in [1.165, 1.54) is 0 Å². The van der Waals surface area contributed by atoms with Gasteiger partial charge in [0.1, 0.15) is 5.82 Å². The van der Waals surface area contributed by atoms with Gasteiger partial charge in [0.25, 0.3) is 0 Å². The Morgan fingerprint density at radius 2 is 1.91 bits per heavy atom. The van der Waals surface area contributed by atoms with Gasteiger partial charge in [0.15, 0.2) is 0 Å². The summed E-state index contributed by atoms with van der Waals surface area (Å²) in [6, 6.07) is 4.54. The van der Waals surface area contributed by atoms with Gasteiger partial charge >= 0.3 is 0 Å². The molecule has 2 aliphatic rings. The first-order valence-corrected chi connectivity index (χ1v) is 8.33. The van der Waals surface area contributed by atoms with E-state index >= 15 is 0 Å². The lowest BCUT2D eigenvalue weighted by Gasteiger charge is -2.37. The molecule has 6 heteroatoms. The molecule has 1 atom stereocenters. The highest BCUT2D eigenvalue weighted by Gasteiger charge is 2.28. The third-order valence-corrected chi connectivity index (χ3v) is 4.78. The summed E-state index contributed by atoms with van der Waals surface area (Å²) in [4.78, 5) is 32.4. The number of nitrogens with one attached hydrogen (secondary N) is 1. The van der Waals surface area contributed by atoms with E-state index in [2.05, 4.69) is 33.9 Å². The van der Waals surface area contributed by atoms with Gasteiger partial charge in [0.2, 0.25) is 11.8 Å². The van der Waals surface area contributed by atoms with Crippen LogP contribution in [0, 0.1) is 0 Å². The number of hydrogen-bond donors (Lipinski definition) is 1. The van der Waals surface area contributed by atoms with Crippen LogP contribution >= 0.6 is 0 Å². The van der Waals surface area contributed by atoms with Crippen molar-refractivity contribution in [3.05, 3.63) is 23.9 Å². The molecule has 1 N–H and O–H groups in total. The summed E-state index contributed by atoms with van der Waals surface area (Å²) in [7, 11) is 0. The van der Waals surface area contributed by atoms with Crippen LogP contribution in [-0.2, 0) is 9.59 Å². The van der Waals surface area contributed by atoms with Crippen LogP contribution < -0.4 is 10.2 Å². The van der Waals surface area contributed by atoms with Crippen LogP contribution in [0.1, 0.15) is 38.2 Å². The lowest BCUT2D eigenvalue weighted by molar-refractivity contribution is -0.134. The van der Waals surface area contributed by atoms with Gasteiger partial charge in [-0.1, -0.05) is 6.07 Å². The molecule has 0 aliphatic carbocycles. The molecule has 23 heavy (non-hydrogen) atoms. The summed E-state index contributed by atoms with van der Waals surface area (Å²) in [6.07, 6.45) is 2.75. The van der Waals surface area contributed by atoms with Gasteiger partial charge in [-0.2, -0.15) is 0 Å². The van der Waals surface area contributed by atoms with Crippen molar-refractivity contribution in [1.82, 2.24) is 15.2 Å². The van der Waals surface area contributed by atoms with Crippen LogP contribution in [0.15, 0.2) is 18.3 Å². The summed E-state index contributed by atoms with van der Waals surface area (Å²) < 4.78 is 0. The van der Waals surface area contributed by atoms with Crippen molar-refractivity contribution in [3.63, 3.8) is 0 Å². The Balaban J connectivity index is 1.64. The molecule has 0 radical (unpaired) electrons. The molecule has 3 rings (SSSR count). The number of piperazine rings is 1. The Hall–Kier alpha value is -1.95. The molecular weight excluding hydrogens is 292 g/mol. The average Bonchev–Trinajstić information content (AvgIpc) is 2.55. The first-order valence-electron chi connectivity index (χ1n) is 8.33. The summed E-state index contributed by atoms with van der Waals surface area (Å²) in [5.74, 6) is 0.316. The lowest BCUT2D eigenvalue weighted by Crippen LogP contribution is -2.49. The van der Waals surface area contributed by atoms with Crippen molar-refractivity contribution in [1.29, 1.82) is 0 Å². The molecule has 1 aromatic rings. The van der Waals surface area contributed by atoms with Crippen molar-refractivity contribution in [2.75, 3.05) is 31.1 Å². The predicted molar refractivity (Wildman–Crippen MR) is 88.3 cm³/mol. The number of piperidine rings is 1. The van der Waals surface area contributed by atoms with Crippen LogP contribution in [0.4, 0.5) is 5.82 Å². The molecule has 124 valence electrons. The number of imide groups is 1. The molecule has 2 aliphatic heterocycles. The summed E-state index contributed by atoms with van der Waals surface area (Å²) >= 11 is 0. The molecular formula is C17H24N4O2. The second kappa shape index (κ2) is 6.66. The number of amides is 2. The van der Waals surface area contributed by atoms with Gasteiger partial charge in [0.05, 0.1) is 5.92 Å². The fraction of sp³-hybridized carbons (Fsp3) is 0.588. The van der Waals surface area contributed by atoms with E-state index in [0.717, 1.165) is 37.6 Å². The molecule has 1 aromatic heterocycles. The molecule has 0 aromatic carbocycles. The fourth-order valence-electron chi connectivity index (χ4n) is 3.27. The number of carbonyl (C=O) groups is 2. The Morgan fingerprint density at radius 3 is 2.48 bits per heavy atom. The normalized spacial score (nSPS) is 23.3. The number of carbonyl (C=O) groups excluding carboxylic acids is 2. The SMILES string of the molecule is CC(C)N1CCN(c2ccc(C3CCC(=O)NC3=O)cn2)CC1. The third-order valence-electron chi connectivity index (χ3n) is 4.78. The first kappa shape index (κ1) is 15.9. The highest BCUT2D eigenvalue weighted by atomic mass is 16.2. The van der Waals surface area contributed by atoms with Crippen molar-refractivity contribution in [3.8, 4) is 0 Å². The monoisotopic (exact) mass is 316 g/mol. The van der Waals surface area contributed by atoms with E-state index in [-0.39, 0.29) is 17.7 Å². The Bertz CT molecular complexity index is 577. The average molecular weight is 316 g/mol. The minimum Gasteiger partial charge on any atom is -0.354 e. The highest BCUT2D eigenvalue weighted by Crippen LogP contribution is 2.25. The summed E-state index contributed by atoms with van der Waals surface area (Å²) in [5.41, 5.74) is 0.888. The Morgan fingerprint density at radius 1 is 1.17 bits per heavy atom. The number of nitrogens with zero attached hydrogens (tertiary/aromatic N) is 3. The maximum Gasteiger partial charge on any atom is 0.234 e. The zero-order chi connectivity index (χ0) is 16.4. The molecule has 0 bridgehead atoms. The van der Waals surface area contributed by atoms with E-state index in [1.807, 2.05) is 12.1 Å². The van der Waals surface area contributed by atoms with Gasteiger partial charge in [-0.15, -0.1) is 0 Å². The van der Waals surface area contributed by atoms with Crippen LogP contribution in [0.2, 0.25) is 0 Å². The van der Waals surface area contributed by atoms with E-state index in [0.29, 0.717) is 18.9 Å². The molecule has 2 saturated heterocycles. The number of pyridine rings is 1. The maximum atomic E-state index is 11.9. The summed E-state index contributed by atoms with van der Waals surface area (Å²) in [5, 5.41) is 2.40. The number of hydrogen-bond acceptors (Lipinski definition) is 5. The van der Waals surface area contributed by atoms with E-state index in [1.54, 1.807) is 6.20 Å². The minimum atomic E-state index is -0.257. The summed E-state index contributed by atoms with van der Waals surface area (Å²) in [6.45, 7) is 8.50. The molecule has 0 spiro atoms. The Labute approximate surface area is 136 Å². The van der Waals surface area contributed by atoms with Crippen LogP contribution in [0.3, 0.4) is 0 Å². The minimum absolute atomic E-state index is 0.182. The third kappa shape index (κ3) is 3.52. The lowest BCUT2D eigenvalue weighted by atomic mass is 9.92.